The van der Waals surface area contributed by atoms with E-state index in [0.29, 0.717) is 0 Å². The Morgan fingerprint density at radius 2 is 1.33 bits per heavy atom. The van der Waals surface area contributed by atoms with Gasteiger partial charge in [-0.05, 0) is 45.6 Å². The molecule has 0 amide bonds. The Hall–Kier alpha value is -0.0800. The first-order valence-corrected chi connectivity index (χ1v) is 6.67. The topological polar surface area (TPSA) is 23.5 Å². The smallest absolute Gasteiger partial charge is 0.0541 e. The van der Waals surface area contributed by atoms with Gasteiger partial charge >= 0.3 is 0 Å². The van der Waals surface area contributed by atoms with Gasteiger partial charge in [-0.3, -0.25) is 0 Å². The monoisotopic (exact) mass is 211 g/mol. The van der Waals surface area contributed by atoms with Gasteiger partial charge in [0.25, 0.3) is 0 Å². The third kappa shape index (κ3) is 2.94. The first-order chi connectivity index (χ1) is 7.27. The highest BCUT2D eigenvalue weighted by Gasteiger charge is 2.27. The first kappa shape index (κ1) is 11.4. The van der Waals surface area contributed by atoms with E-state index >= 15 is 0 Å². The van der Waals surface area contributed by atoms with Crippen LogP contribution in [0.3, 0.4) is 0 Å². The second-order valence-corrected chi connectivity index (χ2v) is 5.42. The molecule has 2 aliphatic rings. The molecule has 0 aliphatic heterocycles. The summed E-state index contributed by atoms with van der Waals surface area (Å²) in [5.41, 5.74) is 0. The minimum absolute atomic E-state index is 0.0130. The van der Waals surface area contributed by atoms with Gasteiger partial charge in [0.15, 0.2) is 0 Å². The Morgan fingerprint density at radius 3 is 1.93 bits per heavy atom. The molecular weight excluding hydrogens is 186 g/mol. The molecule has 0 aromatic rings. The van der Waals surface area contributed by atoms with E-state index in [9.17, 15) is 5.11 Å². The molecule has 0 unspecified atom stereocenters. The molecule has 0 aromatic carbocycles. The van der Waals surface area contributed by atoms with E-state index < -0.39 is 0 Å². The van der Waals surface area contributed by atoms with E-state index in [4.69, 9.17) is 0 Å². The summed E-state index contributed by atoms with van der Waals surface area (Å²) in [5.74, 6) is 0. The van der Waals surface area contributed by atoms with Crippen LogP contribution in [0.5, 0.6) is 0 Å². The molecule has 0 spiro atoms. The molecule has 2 nitrogen and oxygen atoms in total. The number of aliphatic hydroxyl groups is 1. The Kier molecular flexibility index (Phi) is 4.04. The molecule has 15 heavy (non-hydrogen) atoms. The lowest BCUT2D eigenvalue weighted by Gasteiger charge is -2.39. The van der Waals surface area contributed by atoms with Crippen LogP contribution < -0.4 is 0 Å². The zero-order chi connectivity index (χ0) is 10.7. The maximum absolute atomic E-state index is 9.50. The summed E-state index contributed by atoms with van der Waals surface area (Å²) in [6.07, 6.45) is 11.5. The minimum atomic E-state index is -0.0130. The zero-order valence-electron chi connectivity index (χ0n) is 9.99. The zero-order valence-corrected chi connectivity index (χ0v) is 9.99. The molecule has 1 N–H and O–H groups in total. The largest absolute Gasteiger partial charge is 0.393 e. The molecule has 0 saturated heterocycles. The molecular formula is C13H25NO. The predicted octanol–water partition coefficient (Wildman–Crippen LogP) is 2.55. The lowest BCUT2D eigenvalue weighted by Crippen LogP contribution is -2.43. The Labute approximate surface area is 93.7 Å². The summed E-state index contributed by atoms with van der Waals surface area (Å²) in [6, 6.07) is 1.58. The number of rotatable bonds is 2. The Balaban J connectivity index is 1.81. The maximum atomic E-state index is 9.50. The highest BCUT2D eigenvalue weighted by molar-refractivity contribution is 4.83. The van der Waals surface area contributed by atoms with Crippen molar-refractivity contribution >= 4 is 0 Å². The fourth-order valence-corrected chi connectivity index (χ4v) is 3.25. The molecule has 2 heteroatoms. The number of aliphatic hydroxyl groups excluding tert-OH is 1. The van der Waals surface area contributed by atoms with Crippen LogP contribution in [0.15, 0.2) is 0 Å². The Bertz CT molecular complexity index is 181. The van der Waals surface area contributed by atoms with Gasteiger partial charge in [-0.2, -0.15) is 0 Å². The van der Waals surface area contributed by atoms with Crippen LogP contribution in [0.25, 0.3) is 0 Å². The van der Waals surface area contributed by atoms with Crippen molar-refractivity contribution in [2.75, 3.05) is 7.05 Å². The van der Waals surface area contributed by atoms with Gasteiger partial charge in [0.2, 0.25) is 0 Å². The lowest BCUT2D eigenvalue weighted by molar-refractivity contribution is 0.0574. The second-order valence-electron chi connectivity index (χ2n) is 5.42. The molecule has 2 rings (SSSR count). The van der Waals surface area contributed by atoms with Crippen molar-refractivity contribution in [3.63, 3.8) is 0 Å². The molecule has 0 atom stereocenters. The predicted molar refractivity (Wildman–Crippen MR) is 62.9 cm³/mol. The van der Waals surface area contributed by atoms with Gasteiger partial charge in [-0.1, -0.05) is 19.3 Å². The summed E-state index contributed by atoms with van der Waals surface area (Å²) in [5, 5.41) is 9.50. The third-order valence-corrected chi connectivity index (χ3v) is 4.39. The molecule has 0 aromatic heterocycles. The first-order valence-electron chi connectivity index (χ1n) is 6.67. The van der Waals surface area contributed by atoms with Crippen molar-refractivity contribution in [2.45, 2.75) is 76.0 Å². The van der Waals surface area contributed by atoms with Crippen LogP contribution in [0.1, 0.15) is 57.8 Å². The number of hydrogen-bond donors (Lipinski definition) is 1. The summed E-state index contributed by atoms with van der Waals surface area (Å²) in [4.78, 5) is 2.62. The summed E-state index contributed by atoms with van der Waals surface area (Å²) >= 11 is 0. The summed E-state index contributed by atoms with van der Waals surface area (Å²) in [7, 11) is 2.30. The molecule has 2 saturated carbocycles. The normalized spacial score (nSPS) is 34.6. The maximum Gasteiger partial charge on any atom is 0.0541 e. The van der Waals surface area contributed by atoms with Gasteiger partial charge < -0.3 is 10.0 Å². The van der Waals surface area contributed by atoms with Crippen LogP contribution in [-0.2, 0) is 0 Å². The average molecular weight is 211 g/mol. The molecule has 88 valence electrons. The molecule has 0 heterocycles. The molecule has 0 bridgehead atoms. The van der Waals surface area contributed by atoms with Crippen LogP contribution in [0.2, 0.25) is 0 Å². The average Bonchev–Trinajstić information content (AvgIpc) is 2.30. The Morgan fingerprint density at radius 1 is 0.800 bits per heavy atom. The fraction of sp³-hybridized carbons (Fsp3) is 1.00. The van der Waals surface area contributed by atoms with Crippen molar-refractivity contribution in [2.24, 2.45) is 0 Å². The van der Waals surface area contributed by atoms with E-state index in [2.05, 4.69) is 11.9 Å². The van der Waals surface area contributed by atoms with E-state index in [1.165, 1.54) is 44.9 Å². The summed E-state index contributed by atoms with van der Waals surface area (Å²) in [6.45, 7) is 0. The third-order valence-electron chi connectivity index (χ3n) is 4.39. The van der Waals surface area contributed by atoms with Gasteiger partial charge in [-0.15, -0.1) is 0 Å². The van der Waals surface area contributed by atoms with E-state index in [-0.39, 0.29) is 6.10 Å². The van der Waals surface area contributed by atoms with Crippen molar-refractivity contribution in [1.29, 1.82) is 0 Å². The van der Waals surface area contributed by atoms with Crippen molar-refractivity contribution in [3.8, 4) is 0 Å². The van der Waals surface area contributed by atoms with Crippen molar-refractivity contribution in [3.05, 3.63) is 0 Å². The lowest BCUT2D eigenvalue weighted by atomic mass is 9.88. The SMILES string of the molecule is CN(C1CCCCC1)C1CCC(O)CC1. The van der Waals surface area contributed by atoms with E-state index in [1.807, 2.05) is 0 Å². The fourth-order valence-electron chi connectivity index (χ4n) is 3.25. The minimum Gasteiger partial charge on any atom is -0.393 e. The number of nitrogens with zero attached hydrogens (tertiary/aromatic N) is 1. The molecule has 0 radical (unpaired) electrons. The van der Waals surface area contributed by atoms with Crippen LogP contribution >= 0.6 is 0 Å². The standard InChI is InChI=1S/C13H25NO/c1-14(11-5-3-2-4-6-11)12-7-9-13(15)10-8-12/h11-13,15H,2-10H2,1H3. The quantitative estimate of drug-likeness (QED) is 0.759. The highest BCUT2D eigenvalue weighted by atomic mass is 16.3. The number of hydrogen-bond acceptors (Lipinski definition) is 2. The van der Waals surface area contributed by atoms with Crippen molar-refractivity contribution < 1.29 is 5.11 Å². The van der Waals surface area contributed by atoms with Gasteiger partial charge in [0.05, 0.1) is 6.10 Å². The van der Waals surface area contributed by atoms with E-state index in [0.717, 1.165) is 24.9 Å². The molecule has 2 aliphatic carbocycles. The van der Waals surface area contributed by atoms with E-state index in [1.54, 1.807) is 0 Å². The summed E-state index contributed by atoms with van der Waals surface area (Å²) < 4.78 is 0. The highest BCUT2D eigenvalue weighted by Crippen LogP contribution is 2.28. The second kappa shape index (κ2) is 5.31. The van der Waals surface area contributed by atoms with Crippen LogP contribution in [-0.4, -0.2) is 35.2 Å². The van der Waals surface area contributed by atoms with Crippen LogP contribution in [0, 0.1) is 0 Å². The van der Waals surface area contributed by atoms with Gasteiger partial charge in [0.1, 0.15) is 0 Å². The van der Waals surface area contributed by atoms with Crippen LogP contribution in [0.4, 0.5) is 0 Å². The van der Waals surface area contributed by atoms with Crippen molar-refractivity contribution in [1.82, 2.24) is 4.90 Å². The van der Waals surface area contributed by atoms with Gasteiger partial charge in [-0.25, -0.2) is 0 Å². The molecule has 2 fully saturated rings. The van der Waals surface area contributed by atoms with Gasteiger partial charge in [0, 0.05) is 12.1 Å².